The molecular weight excluding hydrogens is 562 g/mol. The van der Waals surface area contributed by atoms with Crippen LogP contribution in [0.25, 0.3) is 12.2 Å². The normalized spacial score (nSPS) is 13.7. The minimum Gasteiger partial charge on any atom is -0.227 e. The molecule has 4 aromatic carbocycles. The van der Waals surface area contributed by atoms with E-state index in [1.165, 1.54) is 24.3 Å². The Morgan fingerprint density at radius 1 is 0.537 bits per heavy atom. The fraction of sp³-hybridized carbons (Fsp3) is 0.125. The van der Waals surface area contributed by atoms with Crippen molar-refractivity contribution in [1.82, 2.24) is 0 Å². The Morgan fingerprint density at radius 2 is 0.829 bits per heavy atom. The van der Waals surface area contributed by atoms with Crippen molar-refractivity contribution in [3.8, 4) is 0 Å². The Morgan fingerprint density at radius 3 is 1.12 bits per heavy atom. The standard InChI is InChI=1S/C32H24F6O2S/c1-19-3-7-21(8-4-19)31(13-11-25-27(35)15-23(33)16-28(25)36)41(39,40)32(22-9-5-20(2)6-10-22)14-12-26-29(37)17-24(34)18-30(26)38/h3-18,31-32H,1-2H3/b13-11-,14-12-. The fourth-order valence-electron chi connectivity index (χ4n) is 4.28. The summed E-state index contributed by atoms with van der Waals surface area (Å²) in [5.41, 5.74) is 0.857. The molecular formula is C32H24F6O2S. The van der Waals surface area contributed by atoms with Crippen LogP contribution >= 0.6 is 0 Å². The van der Waals surface area contributed by atoms with Gasteiger partial charge in [0, 0.05) is 35.4 Å². The van der Waals surface area contributed by atoms with Crippen molar-refractivity contribution in [3.05, 3.63) is 153 Å². The van der Waals surface area contributed by atoms with Crippen molar-refractivity contribution in [2.24, 2.45) is 0 Å². The van der Waals surface area contributed by atoms with Crippen LogP contribution in [0.5, 0.6) is 0 Å². The van der Waals surface area contributed by atoms with Crippen molar-refractivity contribution in [2.45, 2.75) is 24.3 Å². The van der Waals surface area contributed by atoms with Gasteiger partial charge in [-0.1, -0.05) is 84.0 Å². The van der Waals surface area contributed by atoms with Crippen molar-refractivity contribution in [1.29, 1.82) is 0 Å². The highest BCUT2D eigenvalue weighted by molar-refractivity contribution is 7.92. The Hall–Kier alpha value is -4.11. The van der Waals surface area contributed by atoms with E-state index in [0.717, 1.165) is 35.4 Å². The molecule has 0 saturated carbocycles. The second-order valence-corrected chi connectivity index (χ2v) is 11.7. The Balaban J connectivity index is 1.89. The summed E-state index contributed by atoms with van der Waals surface area (Å²) < 4.78 is 113. The van der Waals surface area contributed by atoms with Crippen LogP contribution in [0.1, 0.15) is 43.9 Å². The van der Waals surface area contributed by atoms with Gasteiger partial charge in [-0.2, -0.15) is 0 Å². The lowest BCUT2D eigenvalue weighted by atomic mass is 10.1. The van der Waals surface area contributed by atoms with Crippen LogP contribution in [0.4, 0.5) is 26.3 Å². The molecule has 0 aromatic heterocycles. The van der Waals surface area contributed by atoms with E-state index in [-0.39, 0.29) is 11.1 Å². The van der Waals surface area contributed by atoms with Crippen molar-refractivity contribution >= 4 is 22.0 Å². The highest BCUT2D eigenvalue weighted by Crippen LogP contribution is 2.38. The Labute approximate surface area is 234 Å². The van der Waals surface area contributed by atoms with Crippen LogP contribution < -0.4 is 0 Å². The van der Waals surface area contributed by atoms with Crippen LogP contribution in [0.15, 0.2) is 84.9 Å². The van der Waals surface area contributed by atoms with Gasteiger partial charge in [0.1, 0.15) is 45.4 Å². The second kappa shape index (κ2) is 12.2. The van der Waals surface area contributed by atoms with E-state index in [4.69, 9.17) is 0 Å². The van der Waals surface area contributed by atoms with E-state index in [1.54, 1.807) is 38.1 Å². The van der Waals surface area contributed by atoms with Crippen LogP contribution in [-0.2, 0) is 9.84 Å². The zero-order chi connectivity index (χ0) is 29.9. The Bertz CT molecular complexity index is 1560. The third-order valence-corrected chi connectivity index (χ3v) is 8.76. The van der Waals surface area contributed by atoms with E-state index in [2.05, 4.69) is 0 Å². The highest BCUT2D eigenvalue weighted by Gasteiger charge is 2.34. The van der Waals surface area contributed by atoms with E-state index in [9.17, 15) is 34.8 Å². The van der Waals surface area contributed by atoms with Gasteiger partial charge in [-0.25, -0.2) is 34.8 Å². The molecule has 212 valence electrons. The first-order valence-corrected chi connectivity index (χ1v) is 14.0. The number of halogens is 6. The maximum absolute atomic E-state index is 14.4. The summed E-state index contributed by atoms with van der Waals surface area (Å²) in [6.45, 7) is 3.58. The molecule has 2 atom stereocenters. The van der Waals surface area contributed by atoms with Gasteiger partial charge in [-0.3, -0.25) is 0 Å². The third-order valence-electron chi connectivity index (χ3n) is 6.48. The molecule has 0 radical (unpaired) electrons. The summed E-state index contributed by atoms with van der Waals surface area (Å²) in [6.07, 6.45) is 3.99. The van der Waals surface area contributed by atoms with Crippen molar-refractivity contribution in [2.75, 3.05) is 0 Å². The molecule has 0 saturated heterocycles. The summed E-state index contributed by atoms with van der Waals surface area (Å²) in [5.74, 6) is -7.17. The first-order chi connectivity index (χ1) is 19.4. The molecule has 0 aliphatic carbocycles. The van der Waals surface area contributed by atoms with Gasteiger partial charge in [0.2, 0.25) is 0 Å². The summed E-state index contributed by atoms with van der Waals surface area (Å²) >= 11 is 0. The molecule has 9 heteroatoms. The second-order valence-electron chi connectivity index (χ2n) is 9.54. The van der Waals surface area contributed by atoms with E-state index >= 15 is 0 Å². The maximum atomic E-state index is 14.4. The summed E-state index contributed by atoms with van der Waals surface area (Å²) in [5, 5.41) is -2.99. The number of hydrogen-bond acceptors (Lipinski definition) is 2. The van der Waals surface area contributed by atoms with Gasteiger partial charge >= 0.3 is 0 Å². The molecule has 4 aromatic rings. The summed E-state index contributed by atoms with van der Waals surface area (Å²) in [4.78, 5) is 0. The maximum Gasteiger partial charge on any atom is 0.171 e. The predicted octanol–water partition coefficient (Wildman–Crippen LogP) is 8.76. The summed E-state index contributed by atoms with van der Waals surface area (Å²) in [7, 11) is -4.41. The SMILES string of the molecule is Cc1ccc(C(/C=C\c2c(F)cc(F)cc2F)S(=O)(=O)C(/C=C\c2c(F)cc(F)cc2F)c2ccc(C)cc2)cc1. The molecule has 2 unspecified atom stereocenters. The molecule has 0 heterocycles. The Kier molecular flexibility index (Phi) is 8.87. The lowest BCUT2D eigenvalue weighted by Gasteiger charge is -2.22. The molecule has 2 nitrogen and oxygen atoms in total. The lowest BCUT2D eigenvalue weighted by molar-refractivity contribution is 0.539. The summed E-state index contributed by atoms with van der Waals surface area (Å²) in [6, 6.07) is 14.7. The van der Waals surface area contributed by atoms with Gasteiger partial charge in [-0.05, 0) is 25.0 Å². The molecule has 0 spiro atoms. The van der Waals surface area contributed by atoms with Crippen LogP contribution in [0, 0.1) is 48.8 Å². The highest BCUT2D eigenvalue weighted by atomic mass is 32.2. The molecule has 4 rings (SSSR count). The monoisotopic (exact) mass is 586 g/mol. The van der Waals surface area contributed by atoms with Crippen molar-refractivity contribution in [3.63, 3.8) is 0 Å². The minimum atomic E-state index is -4.41. The van der Waals surface area contributed by atoms with E-state index < -0.39 is 66.4 Å². The molecule has 0 N–H and O–H groups in total. The zero-order valence-electron chi connectivity index (χ0n) is 21.9. The van der Waals surface area contributed by atoms with Crippen LogP contribution in [0.3, 0.4) is 0 Å². The van der Waals surface area contributed by atoms with E-state index in [1.807, 2.05) is 0 Å². The number of rotatable bonds is 8. The number of hydrogen-bond donors (Lipinski definition) is 0. The fourth-order valence-corrected chi connectivity index (χ4v) is 6.27. The first kappa shape index (κ1) is 29.9. The minimum absolute atomic E-state index is 0.249. The number of benzene rings is 4. The van der Waals surface area contributed by atoms with Crippen LogP contribution in [0.2, 0.25) is 0 Å². The molecule has 0 aliphatic rings. The van der Waals surface area contributed by atoms with Crippen LogP contribution in [-0.4, -0.2) is 8.42 Å². The average Bonchev–Trinajstić information content (AvgIpc) is 2.88. The van der Waals surface area contributed by atoms with Gasteiger partial charge in [0.05, 0.1) is 0 Å². The third kappa shape index (κ3) is 6.79. The first-order valence-electron chi connectivity index (χ1n) is 12.4. The largest absolute Gasteiger partial charge is 0.227 e. The zero-order valence-corrected chi connectivity index (χ0v) is 22.7. The molecule has 41 heavy (non-hydrogen) atoms. The smallest absolute Gasteiger partial charge is 0.171 e. The molecule has 0 bridgehead atoms. The van der Waals surface area contributed by atoms with Gasteiger partial charge < -0.3 is 0 Å². The van der Waals surface area contributed by atoms with E-state index in [0.29, 0.717) is 24.3 Å². The predicted molar refractivity (Wildman–Crippen MR) is 147 cm³/mol. The lowest BCUT2D eigenvalue weighted by Crippen LogP contribution is -2.19. The average molecular weight is 587 g/mol. The molecule has 0 amide bonds. The number of aryl methyl sites for hydroxylation is 2. The van der Waals surface area contributed by atoms with Gasteiger partial charge in [0.25, 0.3) is 0 Å². The quantitative estimate of drug-likeness (QED) is 0.194. The number of sulfone groups is 1. The topological polar surface area (TPSA) is 34.1 Å². The molecule has 0 aliphatic heterocycles. The molecule has 0 fully saturated rings. The van der Waals surface area contributed by atoms with Gasteiger partial charge in [-0.15, -0.1) is 0 Å². The van der Waals surface area contributed by atoms with Gasteiger partial charge in [0.15, 0.2) is 9.84 Å². The van der Waals surface area contributed by atoms with Crippen molar-refractivity contribution < 1.29 is 34.8 Å².